The summed E-state index contributed by atoms with van der Waals surface area (Å²) in [4.78, 5) is 27.4. The van der Waals surface area contributed by atoms with Crippen LogP contribution in [0.2, 0.25) is 0 Å². The zero-order chi connectivity index (χ0) is 19.7. The molecule has 0 fully saturated rings. The normalized spacial score (nSPS) is 18.6. The third-order valence-electron chi connectivity index (χ3n) is 4.56. The molecule has 4 rings (SSSR count). The summed E-state index contributed by atoms with van der Waals surface area (Å²) in [7, 11) is 0. The molecule has 0 radical (unpaired) electrons. The molecule has 142 valence electrons. The lowest BCUT2D eigenvalue weighted by molar-refractivity contribution is -0.444. The average Bonchev–Trinajstić information content (AvgIpc) is 3.18. The van der Waals surface area contributed by atoms with Gasteiger partial charge in [0.2, 0.25) is 0 Å². The van der Waals surface area contributed by atoms with Gasteiger partial charge in [-0.3, -0.25) is 0 Å². The van der Waals surface area contributed by atoms with Gasteiger partial charge in [-0.2, -0.15) is 9.37 Å². The Hall–Kier alpha value is -2.93. The van der Waals surface area contributed by atoms with Crippen LogP contribution in [0.25, 0.3) is 0 Å². The van der Waals surface area contributed by atoms with Crippen molar-refractivity contribution in [1.82, 2.24) is 0 Å². The lowest BCUT2D eigenvalue weighted by Crippen LogP contribution is -2.55. The molecule has 5 nitrogen and oxygen atoms in total. The summed E-state index contributed by atoms with van der Waals surface area (Å²) in [5, 5.41) is 1.36. The van der Waals surface area contributed by atoms with Crippen molar-refractivity contribution in [2.75, 3.05) is 11.5 Å². The molecule has 2 aliphatic heterocycles. The van der Waals surface area contributed by atoms with Gasteiger partial charge in [-0.25, -0.2) is 9.18 Å². The molecular formula is C21H18FN2O3S+. The second-order valence-electron chi connectivity index (χ2n) is 6.34. The number of amides is 3. The van der Waals surface area contributed by atoms with Gasteiger partial charge in [-0.05, 0) is 60.4 Å². The molecule has 7 heteroatoms. The first-order chi connectivity index (χ1) is 13.6. The molecule has 0 saturated carbocycles. The number of thioether (sulfide) groups is 1. The van der Waals surface area contributed by atoms with Gasteiger partial charge in [-0.15, -0.1) is 16.7 Å². The fourth-order valence-electron chi connectivity index (χ4n) is 3.23. The van der Waals surface area contributed by atoms with Crippen molar-refractivity contribution in [1.29, 1.82) is 0 Å². The smallest absolute Gasteiger partial charge is 0.494 e. The highest BCUT2D eigenvalue weighted by atomic mass is 32.2. The zero-order valence-electron chi connectivity index (χ0n) is 15.2. The van der Waals surface area contributed by atoms with Crippen LogP contribution in [-0.4, -0.2) is 34.1 Å². The van der Waals surface area contributed by atoms with E-state index in [0.29, 0.717) is 23.8 Å². The molecule has 1 atom stereocenters. The van der Waals surface area contributed by atoms with Crippen molar-refractivity contribution >= 4 is 35.1 Å². The predicted molar refractivity (Wildman–Crippen MR) is 106 cm³/mol. The Kier molecular flexibility index (Phi) is 5.00. The minimum Gasteiger partial charge on any atom is -0.494 e. The van der Waals surface area contributed by atoms with E-state index in [1.807, 2.05) is 12.3 Å². The lowest BCUT2D eigenvalue weighted by atomic mass is 10.1. The van der Waals surface area contributed by atoms with Crippen molar-refractivity contribution < 1.29 is 23.3 Å². The first-order valence-corrected chi connectivity index (χ1v) is 9.84. The Balaban J connectivity index is 1.69. The van der Waals surface area contributed by atoms with Crippen LogP contribution in [0, 0.1) is 5.82 Å². The number of allylic oxidation sites excluding steroid dienone is 1. The predicted octanol–water partition coefficient (Wildman–Crippen LogP) is 3.97. The summed E-state index contributed by atoms with van der Waals surface area (Å²) < 4.78 is 20.2. The number of anilines is 1. The largest absolute Gasteiger partial charge is 0.506 e. The Morgan fingerprint density at radius 3 is 2.50 bits per heavy atom. The van der Waals surface area contributed by atoms with Crippen LogP contribution in [0.3, 0.4) is 0 Å². The number of benzene rings is 2. The summed E-state index contributed by atoms with van der Waals surface area (Å²) in [5.74, 6) is 0.0757. The summed E-state index contributed by atoms with van der Waals surface area (Å²) >= 11 is 1.38. The van der Waals surface area contributed by atoms with Gasteiger partial charge in [0, 0.05) is 0 Å². The van der Waals surface area contributed by atoms with Crippen LogP contribution >= 0.6 is 11.8 Å². The lowest BCUT2D eigenvalue weighted by Gasteiger charge is -2.24. The van der Waals surface area contributed by atoms with Gasteiger partial charge in [0.25, 0.3) is 0 Å². The van der Waals surface area contributed by atoms with Crippen molar-refractivity contribution in [2.24, 2.45) is 0 Å². The van der Waals surface area contributed by atoms with E-state index < -0.39 is 11.3 Å². The van der Waals surface area contributed by atoms with Crippen LogP contribution in [0.4, 0.5) is 14.9 Å². The van der Waals surface area contributed by atoms with E-state index >= 15 is 0 Å². The van der Waals surface area contributed by atoms with Crippen LogP contribution in [0.5, 0.6) is 5.75 Å². The van der Waals surface area contributed by atoms with E-state index in [1.165, 1.54) is 28.8 Å². The molecule has 1 unspecified atom stereocenters. The highest BCUT2D eigenvalue weighted by Gasteiger charge is 2.49. The van der Waals surface area contributed by atoms with Gasteiger partial charge in [0.05, 0.1) is 6.61 Å². The Labute approximate surface area is 166 Å². The molecule has 3 amide bonds. The van der Waals surface area contributed by atoms with E-state index in [-0.39, 0.29) is 18.3 Å². The molecule has 0 N–H and O–H groups in total. The van der Waals surface area contributed by atoms with Crippen LogP contribution in [0.1, 0.15) is 12.5 Å². The highest BCUT2D eigenvalue weighted by Crippen LogP contribution is 2.31. The number of carbonyl (C=O) groups is 2. The van der Waals surface area contributed by atoms with Crippen molar-refractivity contribution in [2.45, 2.75) is 18.7 Å². The van der Waals surface area contributed by atoms with Gasteiger partial charge in [-0.1, -0.05) is 12.1 Å². The van der Waals surface area contributed by atoms with Crippen molar-refractivity contribution in [3.05, 3.63) is 71.4 Å². The summed E-state index contributed by atoms with van der Waals surface area (Å²) in [6.07, 6.45) is 1.80. The van der Waals surface area contributed by atoms with Crippen LogP contribution in [0.15, 0.2) is 60.0 Å². The number of hydrogen-bond donors (Lipinski definition) is 0. The maximum absolute atomic E-state index is 13.2. The molecule has 0 aromatic heterocycles. The number of halogens is 1. The number of hydrogen-bond acceptors (Lipinski definition) is 4. The van der Waals surface area contributed by atoms with Gasteiger partial charge in [0.15, 0.2) is 5.25 Å². The number of carbonyl (C=O) groups excluding carboxylic acids is 2. The number of ether oxygens (including phenoxy) is 1. The number of nitrogens with zero attached hydrogens (tertiary/aromatic N) is 2. The number of fused-ring (bicyclic) bond motifs is 1. The third kappa shape index (κ3) is 3.33. The maximum Gasteiger partial charge on any atom is 0.506 e. The van der Waals surface area contributed by atoms with E-state index in [0.717, 1.165) is 5.56 Å². The van der Waals surface area contributed by atoms with E-state index in [9.17, 15) is 14.0 Å². The van der Waals surface area contributed by atoms with E-state index in [4.69, 9.17) is 4.74 Å². The summed E-state index contributed by atoms with van der Waals surface area (Å²) in [6.45, 7) is 2.69. The number of rotatable bonds is 5. The molecular weight excluding hydrogens is 379 g/mol. The number of urea groups is 1. The second kappa shape index (κ2) is 7.59. The van der Waals surface area contributed by atoms with E-state index in [2.05, 4.69) is 0 Å². The molecule has 2 aromatic rings. The average molecular weight is 397 g/mol. The molecule has 0 saturated heterocycles. The SMILES string of the molecule is CCOc1ccc(N2C(=O)C3SC=CC3=[N+](Cc3ccc(F)cc3)C2=O)cc1. The van der Waals surface area contributed by atoms with Crippen molar-refractivity contribution in [3.63, 3.8) is 0 Å². The van der Waals surface area contributed by atoms with Crippen molar-refractivity contribution in [3.8, 4) is 5.75 Å². The standard InChI is InChI=1S/C21H18FN2O3S/c1-2-27-17-9-7-16(8-10-17)24-20(25)19-18(11-12-28-19)23(21(24)26)13-14-3-5-15(22)6-4-14/h3-12,19H,2,13H2,1H3/q+1. The monoisotopic (exact) mass is 397 g/mol. The Morgan fingerprint density at radius 1 is 1.11 bits per heavy atom. The summed E-state index contributed by atoms with van der Waals surface area (Å²) in [6, 6.07) is 12.5. The Morgan fingerprint density at radius 2 is 1.82 bits per heavy atom. The summed E-state index contributed by atoms with van der Waals surface area (Å²) in [5.41, 5.74) is 1.94. The third-order valence-corrected chi connectivity index (χ3v) is 5.57. The Bertz CT molecular complexity index is 984. The maximum atomic E-state index is 13.2. The molecule has 0 bridgehead atoms. The second-order valence-corrected chi connectivity index (χ2v) is 7.36. The molecule has 0 aliphatic carbocycles. The number of imide groups is 1. The molecule has 2 aliphatic rings. The highest BCUT2D eigenvalue weighted by molar-refractivity contribution is 8.04. The molecule has 2 aromatic carbocycles. The minimum atomic E-state index is -0.468. The quantitative estimate of drug-likeness (QED) is 0.717. The van der Waals surface area contributed by atoms with Gasteiger partial charge < -0.3 is 4.74 Å². The topological polar surface area (TPSA) is 49.6 Å². The first-order valence-electron chi connectivity index (χ1n) is 8.90. The molecule has 28 heavy (non-hydrogen) atoms. The van der Waals surface area contributed by atoms with Crippen LogP contribution in [-0.2, 0) is 11.3 Å². The minimum absolute atomic E-state index is 0.261. The van der Waals surface area contributed by atoms with Gasteiger partial charge in [0.1, 0.15) is 29.5 Å². The zero-order valence-corrected chi connectivity index (χ0v) is 16.0. The first kappa shape index (κ1) is 18.4. The molecule has 2 heterocycles. The molecule has 0 spiro atoms. The fraction of sp³-hybridized carbons (Fsp3) is 0.190. The van der Waals surface area contributed by atoms with Crippen LogP contribution < -0.4 is 9.64 Å². The van der Waals surface area contributed by atoms with E-state index in [1.54, 1.807) is 47.0 Å². The fourth-order valence-corrected chi connectivity index (χ4v) is 4.17. The van der Waals surface area contributed by atoms with Gasteiger partial charge >= 0.3 is 11.9 Å².